The van der Waals surface area contributed by atoms with Gasteiger partial charge >= 0.3 is 0 Å². The number of hydrogen-bond donors (Lipinski definition) is 5. The first kappa shape index (κ1) is 10.3. The molecule has 74 valence electrons. The minimum atomic E-state index is -2.08. The molecule has 0 amide bonds. The molecular formula is C7H14N4O2. The van der Waals surface area contributed by atoms with E-state index >= 15 is 0 Å². The lowest BCUT2D eigenvalue weighted by molar-refractivity contribution is -0.132. The molecule has 0 saturated heterocycles. The van der Waals surface area contributed by atoms with Gasteiger partial charge in [0.15, 0.2) is 11.5 Å². The van der Waals surface area contributed by atoms with Gasteiger partial charge in [0.05, 0.1) is 11.8 Å². The molecule has 0 heterocycles. The molecule has 0 radical (unpaired) electrons. The van der Waals surface area contributed by atoms with E-state index in [2.05, 4.69) is 0 Å². The molecule has 0 aliphatic heterocycles. The zero-order valence-electron chi connectivity index (χ0n) is 7.37. The van der Waals surface area contributed by atoms with Gasteiger partial charge in [0.25, 0.3) is 0 Å². The SMILES string of the molecule is CC1(N)C(=O)C(N)CC(=N)C1(N)O. The molecule has 6 nitrogen and oxygen atoms in total. The Morgan fingerprint density at radius 1 is 1.62 bits per heavy atom. The van der Waals surface area contributed by atoms with Crippen molar-refractivity contribution < 1.29 is 9.90 Å². The summed E-state index contributed by atoms with van der Waals surface area (Å²) in [5.74, 6) is -0.520. The summed E-state index contributed by atoms with van der Waals surface area (Å²) in [7, 11) is 0. The van der Waals surface area contributed by atoms with E-state index in [4.69, 9.17) is 22.6 Å². The summed E-state index contributed by atoms with van der Waals surface area (Å²) in [5.41, 5.74) is 12.4. The second-order valence-electron chi connectivity index (χ2n) is 3.62. The lowest BCUT2D eigenvalue weighted by Crippen LogP contribution is -2.77. The van der Waals surface area contributed by atoms with E-state index in [1.165, 1.54) is 6.92 Å². The monoisotopic (exact) mass is 186 g/mol. The Morgan fingerprint density at radius 3 is 2.54 bits per heavy atom. The van der Waals surface area contributed by atoms with E-state index in [9.17, 15) is 9.90 Å². The van der Waals surface area contributed by atoms with Crippen molar-refractivity contribution in [3.63, 3.8) is 0 Å². The Balaban J connectivity index is 3.15. The van der Waals surface area contributed by atoms with Crippen LogP contribution in [0.5, 0.6) is 0 Å². The summed E-state index contributed by atoms with van der Waals surface area (Å²) < 4.78 is 0. The number of aliphatic hydroxyl groups is 1. The molecule has 0 spiro atoms. The maximum atomic E-state index is 11.4. The van der Waals surface area contributed by atoms with Crippen molar-refractivity contribution in [1.82, 2.24) is 0 Å². The number of carbonyl (C=O) groups excluding carboxylic acids is 1. The summed E-state index contributed by atoms with van der Waals surface area (Å²) >= 11 is 0. The number of nitrogens with one attached hydrogen (secondary N) is 1. The zero-order valence-corrected chi connectivity index (χ0v) is 7.37. The van der Waals surface area contributed by atoms with Crippen LogP contribution in [-0.4, -0.2) is 33.9 Å². The molecule has 3 atom stereocenters. The highest BCUT2D eigenvalue weighted by molar-refractivity contribution is 6.08. The average molecular weight is 186 g/mol. The summed E-state index contributed by atoms with van der Waals surface area (Å²) in [6.45, 7) is 1.28. The van der Waals surface area contributed by atoms with Gasteiger partial charge in [0.1, 0.15) is 5.54 Å². The maximum Gasteiger partial charge on any atom is 0.177 e. The van der Waals surface area contributed by atoms with Gasteiger partial charge in [-0.1, -0.05) is 0 Å². The first-order chi connectivity index (χ1) is 5.71. The Bertz CT molecular complexity index is 272. The molecule has 1 aliphatic carbocycles. The fourth-order valence-corrected chi connectivity index (χ4v) is 1.35. The average Bonchev–Trinajstić information content (AvgIpc) is 2.00. The van der Waals surface area contributed by atoms with Crippen LogP contribution in [0.15, 0.2) is 0 Å². The fourth-order valence-electron chi connectivity index (χ4n) is 1.35. The molecule has 1 rings (SSSR count). The van der Waals surface area contributed by atoms with E-state index < -0.39 is 23.1 Å². The minimum Gasteiger partial charge on any atom is -0.369 e. The summed E-state index contributed by atoms with van der Waals surface area (Å²) in [4.78, 5) is 11.4. The molecule has 13 heavy (non-hydrogen) atoms. The molecule has 3 unspecified atom stereocenters. The van der Waals surface area contributed by atoms with Crippen molar-refractivity contribution in [2.75, 3.05) is 0 Å². The number of nitrogens with two attached hydrogens (primary N) is 3. The van der Waals surface area contributed by atoms with Gasteiger partial charge in [-0.25, -0.2) is 0 Å². The van der Waals surface area contributed by atoms with Crippen LogP contribution in [0.3, 0.4) is 0 Å². The quantitative estimate of drug-likeness (QED) is 0.270. The highest BCUT2D eigenvalue weighted by Gasteiger charge is 2.55. The number of ketones is 1. The Morgan fingerprint density at radius 2 is 2.08 bits per heavy atom. The van der Waals surface area contributed by atoms with Crippen molar-refractivity contribution in [2.24, 2.45) is 17.2 Å². The maximum absolute atomic E-state index is 11.4. The first-order valence-electron chi connectivity index (χ1n) is 3.89. The number of Topliss-reactive ketones (excluding diaryl/α,β-unsaturated/α-hetero) is 1. The van der Waals surface area contributed by atoms with Gasteiger partial charge in [-0.15, -0.1) is 0 Å². The van der Waals surface area contributed by atoms with Crippen LogP contribution >= 0.6 is 0 Å². The molecule has 6 heteroatoms. The molecular weight excluding hydrogens is 172 g/mol. The summed E-state index contributed by atoms with van der Waals surface area (Å²) in [5, 5.41) is 17.0. The van der Waals surface area contributed by atoms with E-state index in [1.54, 1.807) is 0 Å². The van der Waals surface area contributed by atoms with Crippen LogP contribution in [0, 0.1) is 5.41 Å². The highest BCUT2D eigenvalue weighted by atomic mass is 16.3. The van der Waals surface area contributed by atoms with E-state index in [1.807, 2.05) is 0 Å². The lowest BCUT2D eigenvalue weighted by atomic mass is 9.72. The van der Waals surface area contributed by atoms with Crippen LogP contribution in [0.2, 0.25) is 0 Å². The Hall–Kier alpha value is -0.820. The zero-order chi connectivity index (χ0) is 10.4. The molecule has 0 aromatic heterocycles. The Labute approximate surface area is 75.6 Å². The minimum absolute atomic E-state index is 0.0430. The smallest absolute Gasteiger partial charge is 0.177 e. The predicted octanol–water partition coefficient (Wildman–Crippen LogP) is -2.33. The number of rotatable bonds is 0. The number of hydrogen-bond acceptors (Lipinski definition) is 6. The fraction of sp³-hybridized carbons (Fsp3) is 0.714. The van der Waals surface area contributed by atoms with Crippen LogP contribution in [0.4, 0.5) is 0 Å². The van der Waals surface area contributed by atoms with Gasteiger partial charge in [-0.3, -0.25) is 10.5 Å². The van der Waals surface area contributed by atoms with Crippen molar-refractivity contribution in [2.45, 2.75) is 30.7 Å². The van der Waals surface area contributed by atoms with Gasteiger partial charge in [0.2, 0.25) is 0 Å². The largest absolute Gasteiger partial charge is 0.369 e. The van der Waals surface area contributed by atoms with Crippen molar-refractivity contribution in [1.29, 1.82) is 5.41 Å². The molecule has 0 bridgehead atoms. The molecule has 1 saturated carbocycles. The van der Waals surface area contributed by atoms with Gasteiger partial charge in [-0.05, 0) is 6.92 Å². The molecule has 1 aliphatic rings. The van der Waals surface area contributed by atoms with Crippen molar-refractivity contribution >= 4 is 11.5 Å². The van der Waals surface area contributed by atoms with Gasteiger partial charge < -0.3 is 22.0 Å². The third-order valence-electron chi connectivity index (χ3n) is 2.52. The molecule has 8 N–H and O–H groups in total. The highest BCUT2D eigenvalue weighted by Crippen LogP contribution is 2.25. The normalized spacial score (nSPS) is 46.7. The Kier molecular flexibility index (Phi) is 2.04. The topological polar surface area (TPSA) is 139 Å². The van der Waals surface area contributed by atoms with Crippen LogP contribution in [0.1, 0.15) is 13.3 Å². The summed E-state index contributed by atoms with van der Waals surface area (Å²) in [6.07, 6.45) is -0.0430. The standard InChI is InChI=1S/C7H14N4O2/c1-6(10)5(12)3(8)2-4(9)7(6,11)13/h3,9,13H,2,8,10-11H2,1H3. The lowest BCUT2D eigenvalue weighted by Gasteiger charge is -2.43. The van der Waals surface area contributed by atoms with Crippen LogP contribution in [0.25, 0.3) is 0 Å². The van der Waals surface area contributed by atoms with Gasteiger partial charge in [0, 0.05) is 6.42 Å². The molecule has 0 aromatic carbocycles. The van der Waals surface area contributed by atoms with Gasteiger partial charge in [-0.2, -0.15) is 0 Å². The van der Waals surface area contributed by atoms with E-state index in [0.29, 0.717) is 0 Å². The molecule has 1 fully saturated rings. The summed E-state index contributed by atoms with van der Waals surface area (Å²) in [6, 6.07) is -0.841. The van der Waals surface area contributed by atoms with Crippen LogP contribution in [-0.2, 0) is 4.79 Å². The molecule has 0 aromatic rings. The third-order valence-corrected chi connectivity index (χ3v) is 2.52. The second kappa shape index (κ2) is 2.58. The number of carbonyl (C=O) groups is 1. The van der Waals surface area contributed by atoms with Crippen molar-refractivity contribution in [3.05, 3.63) is 0 Å². The van der Waals surface area contributed by atoms with Crippen molar-refractivity contribution in [3.8, 4) is 0 Å². The first-order valence-corrected chi connectivity index (χ1v) is 3.89. The van der Waals surface area contributed by atoms with E-state index in [0.717, 1.165) is 0 Å². The third kappa shape index (κ3) is 1.19. The van der Waals surface area contributed by atoms with Crippen LogP contribution < -0.4 is 17.2 Å². The predicted molar refractivity (Wildman–Crippen MR) is 47.1 cm³/mol. The second-order valence-corrected chi connectivity index (χ2v) is 3.62. The van der Waals surface area contributed by atoms with E-state index in [-0.39, 0.29) is 12.1 Å².